The number of carbonyl (C=O) groups is 1. The van der Waals surface area contributed by atoms with E-state index in [1.165, 1.54) is 0 Å². The Morgan fingerprint density at radius 1 is 1.35 bits per heavy atom. The van der Waals surface area contributed by atoms with Gasteiger partial charge in [0, 0.05) is 0 Å². The van der Waals surface area contributed by atoms with Gasteiger partial charge in [-0.1, -0.05) is 0 Å². The molecule has 0 fully saturated rings. The van der Waals surface area contributed by atoms with Crippen molar-refractivity contribution in [3.05, 3.63) is 41.7 Å². The van der Waals surface area contributed by atoms with Crippen LogP contribution in [-0.2, 0) is 0 Å². The normalized spacial score (nSPS) is 10.2. The average molecular weight is 230 g/mol. The van der Waals surface area contributed by atoms with Crippen molar-refractivity contribution in [1.82, 2.24) is 9.78 Å². The second-order valence-corrected chi connectivity index (χ2v) is 3.64. The van der Waals surface area contributed by atoms with Crippen LogP contribution in [0.15, 0.2) is 30.5 Å². The Labute approximate surface area is 99.8 Å². The molecule has 4 heteroatoms. The number of carbonyl (C=O) groups excluding carboxylic acids is 1. The maximum absolute atomic E-state index is 10.7. The maximum Gasteiger partial charge on any atom is 0.153 e. The minimum Gasteiger partial charge on any atom is -0.494 e. The molecule has 0 aliphatic carbocycles. The first kappa shape index (κ1) is 11.4. The Hall–Kier alpha value is -2.10. The monoisotopic (exact) mass is 230 g/mol. The van der Waals surface area contributed by atoms with Gasteiger partial charge in [0.2, 0.25) is 0 Å². The summed E-state index contributed by atoms with van der Waals surface area (Å²) >= 11 is 0. The van der Waals surface area contributed by atoms with E-state index in [0.29, 0.717) is 12.2 Å². The summed E-state index contributed by atoms with van der Waals surface area (Å²) in [5, 5.41) is 4.18. The van der Waals surface area contributed by atoms with Gasteiger partial charge in [0.25, 0.3) is 0 Å². The molecule has 17 heavy (non-hydrogen) atoms. The van der Waals surface area contributed by atoms with E-state index in [1.807, 2.05) is 38.1 Å². The van der Waals surface area contributed by atoms with Gasteiger partial charge in [0.15, 0.2) is 6.29 Å². The van der Waals surface area contributed by atoms with Gasteiger partial charge in [-0.15, -0.1) is 0 Å². The third-order valence-electron chi connectivity index (χ3n) is 2.57. The highest BCUT2D eigenvalue weighted by atomic mass is 16.5. The number of hydrogen-bond donors (Lipinski definition) is 0. The molecule has 0 saturated carbocycles. The van der Waals surface area contributed by atoms with E-state index in [9.17, 15) is 4.79 Å². The molecule has 0 radical (unpaired) electrons. The van der Waals surface area contributed by atoms with E-state index >= 15 is 0 Å². The molecule has 0 atom stereocenters. The van der Waals surface area contributed by atoms with Crippen molar-refractivity contribution in [3.8, 4) is 11.4 Å². The quantitative estimate of drug-likeness (QED) is 0.757. The van der Waals surface area contributed by atoms with E-state index in [4.69, 9.17) is 4.74 Å². The summed E-state index contributed by atoms with van der Waals surface area (Å²) in [6.07, 6.45) is 2.38. The fourth-order valence-corrected chi connectivity index (χ4v) is 1.65. The van der Waals surface area contributed by atoms with Gasteiger partial charge < -0.3 is 4.74 Å². The van der Waals surface area contributed by atoms with Crippen LogP contribution in [0.2, 0.25) is 0 Å². The summed E-state index contributed by atoms with van der Waals surface area (Å²) in [6.45, 7) is 4.46. The molecule has 0 aliphatic rings. The van der Waals surface area contributed by atoms with Crippen LogP contribution in [0.3, 0.4) is 0 Å². The van der Waals surface area contributed by atoms with Gasteiger partial charge in [0.1, 0.15) is 5.75 Å². The van der Waals surface area contributed by atoms with Crippen molar-refractivity contribution in [1.29, 1.82) is 0 Å². The lowest BCUT2D eigenvalue weighted by Gasteiger charge is -2.06. The molecule has 1 heterocycles. The Morgan fingerprint density at radius 3 is 2.59 bits per heavy atom. The van der Waals surface area contributed by atoms with Crippen molar-refractivity contribution < 1.29 is 9.53 Å². The molecule has 1 aromatic heterocycles. The van der Waals surface area contributed by atoms with Gasteiger partial charge in [-0.25, -0.2) is 4.68 Å². The van der Waals surface area contributed by atoms with Gasteiger partial charge in [-0.2, -0.15) is 5.10 Å². The van der Waals surface area contributed by atoms with Crippen LogP contribution in [0.4, 0.5) is 0 Å². The number of nitrogens with zero attached hydrogens (tertiary/aromatic N) is 2. The van der Waals surface area contributed by atoms with Gasteiger partial charge in [0.05, 0.1) is 29.7 Å². The zero-order chi connectivity index (χ0) is 12.3. The summed E-state index contributed by atoms with van der Waals surface area (Å²) in [5.74, 6) is 0.830. The first-order valence-corrected chi connectivity index (χ1v) is 5.49. The molecule has 0 unspecified atom stereocenters. The highest BCUT2D eigenvalue weighted by Gasteiger charge is 2.06. The second-order valence-electron chi connectivity index (χ2n) is 3.64. The molecular weight excluding hydrogens is 216 g/mol. The minimum atomic E-state index is 0.610. The lowest BCUT2D eigenvalue weighted by atomic mass is 10.2. The van der Waals surface area contributed by atoms with Crippen molar-refractivity contribution in [3.63, 3.8) is 0 Å². The summed E-state index contributed by atoms with van der Waals surface area (Å²) < 4.78 is 7.10. The van der Waals surface area contributed by atoms with Crippen molar-refractivity contribution in [2.45, 2.75) is 13.8 Å². The number of aromatic nitrogens is 2. The number of aldehydes is 1. The highest BCUT2D eigenvalue weighted by molar-refractivity contribution is 5.76. The zero-order valence-corrected chi connectivity index (χ0v) is 9.88. The maximum atomic E-state index is 10.7. The molecule has 1 aromatic carbocycles. The number of rotatable bonds is 4. The fourth-order valence-electron chi connectivity index (χ4n) is 1.65. The van der Waals surface area contributed by atoms with E-state index in [-0.39, 0.29) is 0 Å². The molecule has 4 nitrogen and oxygen atoms in total. The Balaban J connectivity index is 2.33. The van der Waals surface area contributed by atoms with Crippen molar-refractivity contribution >= 4 is 6.29 Å². The fraction of sp³-hybridized carbons (Fsp3) is 0.231. The minimum absolute atomic E-state index is 0.610. The molecule has 0 aliphatic heterocycles. The molecular formula is C13H14N2O2. The molecule has 2 aromatic rings. The van der Waals surface area contributed by atoms with Crippen LogP contribution in [-0.4, -0.2) is 22.7 Å². The molecule has 88 valence electrons. The summed E-state index contributed by atoms with van der Waals surface area (Å²) in [4.78, 5) is 10.7. The van der Waals surface area contributed by atoms with Crippen molar-refractivity contribution in [2.75, 3.05) is 6.61 Å². The molecule has 0 saturated heterocycles. The zero-order valence-electron chi connectivity index (χ0n) is 9.88. The molecule has 0 bridgehead atoms. The predicted octanol–water partition coefficient (Wildman–Crippen LogP) is 2.39. The first-order chi connectivity index (χ1) is 8.26. The van der Waals surface area contributed by atoms with Crippen molar-refractivity contribution in [2.24, 2.45) is 0 Å². The Bertz CT molecular complexity index is 515. The summed E-state index contributed by atoms with van der Waals surface area (Å²) in [5.41, 5.74) is 2.36. The lowest BCUT2D eigenvalue weighted by molar-refractivity contribution is 0.112. The number of ether oxygens (including phenoxy) is 1. The van der Waals surface area contributed by atoms with E-state index in [2.05, 4.69) is 5.10 Å². The number of benzene rings is 1. The standard InChI is InChI=1S/C13H14N2O2/c1-3-17-13-6-4-12(5-7-13)15-10(2)11(9-16)8-14-15/h4-9H,3H2,1-2H3. The van der Waals surface area contributed by atoms with Gasteiger partial charge in [-0.05, 0) is 38.1 Å². The molecule has 2 rings (SSSR count). The molecule has 0 spiro atoms. The third-order valence-corrected chi connectivity index (χ3v) is 2.57. The van der Waals surface area contributed by atoms with Crippen LogP contribution >= 0.6 is 0 Å². The average Bonchev–Trinajstić information content (AvgIpc) is 2.72. The lowest BCUT2D eigenvalue weighted by Crippen LogP contribution is -1.99. The Kier molecular flexibility index (Phi) is 3.23. The SMILES string of the molecule is CCOc1ccc(-n2ncc(C=O)c2C)cc1. The third kappa shape index (κ3) is 2.20. The predicted molar refractivity (Wildman–Crippen MR) is 64.9 cm³/mol. The second kappa shape index (κ2) is 4.82. The molecule has 0 amide bonds. The van der Waals surface area contributed by atoms with Crippen LogP contribution in [0.25, 0.3) is 5.69 Å². The topological polar surface area (TPSA) is 44.1 Å². The van der Waals surface area contributed by atoms with Crippen LogP contribution in [0.1, 0.15) is 23.0 Å². The van der Waals surface area contributed by atoms with Crippen LogP contribution in [0.5, 0.6) is 5.75 Å². The Morgan fingerprint density at radius 2 is 2.06 bits per heavy atom. The van der Waals surface area contributed by atoms with Gasteiger partial charge in [-0.3, -0.25) is 4.79 Å². The van der Waals surface area contributed by atoms with Crippen LogP contribution in [0, 0.1) is 6.92 Å². The van der Waals surface area contributed by atoms with Gasteiger partial charge >= 0.3 is 0 Å². The summed E-state index contributed by atoms with van der Waals surface area (Å²) in [7, 11) is 0. The highest BCUT2D eigenvalue weighted by Crippen LogP contribution is 2.17. The van der Waals surface area contributed by atoms with Crippen LogP contribution < -0.4 is 4.74 Å². The summed E-state index contributed by atoms with van der Waals surface area (Å²) in [6, 6.07) is 7.61. The van der Waals surface area contributed by atoms with E-state index < -0.39 is 0 Å². The molecule has 0 N–H and O–H groups in total. The largest absolute Gasteiger partial charge is 0.494 e. The smallest absolute Gasteiger partial charge is 0.153 e. The number of hydrogen-bond acceptors (Lipinski definition) is 3. The van der Waals surface area contributed by atoms with E-state index in [0.717, 1.165) is 23.4 Å². The van der Waals surface area contributed by atoms with E-state index in [1.54, 1.807) is 10.9 Å². The first-order valence-electron chi connectivity index (χ1n) is 5.49.